The number of carbonyl (C=O) groups excluding carboxylic acids is 1. The Morgan fingerprint density at radius 2 is 1.77 bits per heavy atom. The van der Waals surface area contributed by atoms with Crippen LogP contribution in [0.25, 0.3) is 11.0 Å². The quantitative estimate of drug-likeness (QED) is 0.513. The van der Waals surface area contributed by atoms with Gasteiger partial charge in [0.25, 0.3) is 0 Å². The molecule has 0 radical (unpaired) electrons. The van der Waals surface area contributed by atoms with Gasteiger partial charge >= 0.3 is 0 Å². The Balaban J connectivity index is 2.73. The van der Waals surface area contributed by atoms with E-state index >= 15 is 0 Å². The summed E-state index contributed by atoms with van der Waals surface area (Å²) in [6, 6.07) is 6.71. The van der Waals surface area contributed by atoms with E-state index in [1.807, 2.05) is 0 Å². The molecule has 13 heavy (non-hydrogen) atoms. The summed E-state index contributed by atoms with van der Waals surface area (Å²) < 4.78 is 0. The predicted octanol–water partition coefficient (Wildman–Crippen LogP) is 2.10. The second-order valence-corrected chi connectivity index (χ2v) is 2.91. The van der Waals surface area contributed by atoms with Crippen LogP contribution in [-0.4, -0.2) is 16.3 Å². The molecule has 4 heteroatoms. The lowest BCUT2D eigenvalue weighted by molar-refractivity contribution is 0.111. The first-order chi connectivity index (χ1) is 6.29. The highest BCUT2D eigenvalue weighted by Crippen LogP contribution is 2.13. The van der Waals surface area contributed by atoms with Gasteiger partial charge in [0.2, 0.25) is 0 Å². The summed E-state index contributed by atoms with van der Waals surface area (Å²) in [5.41, 5.74) is 1.77. The summed E-state index contributed by atoms with van der Waals surface area (Å²) in [5, 5.41) is 0.424. The number of nitrogens with zero attached hydrogens (tertiary/aromatic N) is 2. The highest BCUT2D eigenvalue weighted by atomic mass is 35.5. The average Bonchev–Trinajstić information content (AvgIpc) is 2.17. The van der Waals surface area contributed by atoms with Crippen molar-refractivity contribution in [2.45, 2.75) is 0 Å². The van der Waals surface area contributed by atoms with Crippen LogP contribution in [0.3, 0.4) is 0 Å². The Morgan fingerprint density at radius 1 is 1.08 bits per heavy atom. The first-order valence-corrected chi connectivity index (χ1v) is 4.06. The maximum absolute atomic E-state index is 10.4. The van der Waals surface area contributed by atoms with Crippen molar-refractivity contribution in [2.24, 2.45) is 0 Å². The molecule has 0 amide bonds. The summed E-state index contributed by atoms with van der Waals surface area (Å²) in [4.78, 5) is 18.5. The number of pyridine rings is 2. The number of fused-ring (bicyclic) bond motifs is 1. The number of aldehydes is 1. The Hall–Kier alpha value is -1.48. The molecule has 2 aromatic heterocycles. The molecule has 64 valence electrons. The van der Waals surface area contributed by atoms with Crippen LogP contribution >= 0.6 is 11.6 Å². The minimum atomic E-state index is 0.400. The van der Waals surface area contributed by atoms with Crippen molar-refractivity contribution < 1.29 is 4.79 Å². The number of rotatable bonds is 1. The lowest BCUT2D eigenvalue weighted by atomic mass is 10.3. The van der Waals surface area contributed by atoms with E-state index in [1.54, 1.807) is 24.3 Å². The van der Waals surface area contributed by atoms with Crippen molar-refractivity contribution in [3.63, 3.8) is 0 Å². The molecular weight excluding hydrogens is 188 g/mol. The number of halogens is 1. The van der Waals surface area contributed by atoms with Crippen LogP contribution < -0.4 is 0 Å². The fourth-order valence-corrected chi connectivity index (χ4v) is 1.22. The topological polar surface area (TPSA) is 42.9 Å². The molecule has 0 spiro atoms. The molecule has 0 aliphatic carbocycles. The van der Waals surface area contributed by atoms with Crippen molar-refractivity contribution >= 4 is 28.9 Å². The van der Waals surface area contributed by atoms with Crippen molar-refractivity contribution in [2.75, 3.05) is 0 Å². The van der Waals surface area contributed by atoms with Gasteiger partial charge in [0.1, 0.15) is 10.8 Å². The Labute approximate surface area is 79.4 Å². The molecule has 0 aromatic carbocycles. The van der Waals surface area contributed by atoms with Crippen LogP contribution in [0.2, 0.25) is 5.15 Å². The Kier molecular flexibility index (Phi) is 1.94. The van der Waals surface area contributed by atoms with Gasteiger partial charge in [-0.3, -0.25) is 4.79 Å². The summed E-state index contributed by atoms with van der Waals surface area (Å²) >= 11 is 5.68. The fourth-order valence-electron chi connectivity index (χ4n) is 1.07. The SMILES string of the molecule is O=Cc1ccc2nc(Cl)ccc2n1. The summed E-state index contributed by atoms with van der Waals surface area (Å²) in [6.45, 7) is 0. The molecule has 0 N–H and O–H groups in total. The number of hydrogen-bond acceptors (Lipinski definition) is 3. The number of carbonyl (C=O) groups is 1. The van der Waals surface area contributed by atoms with E-state index in [0.717, 1.165) is 0 Å². The largest absolute Gasteiger partial charge is 0.296 e. The van der Waals surface area contributed by atoms with E-state index in [9.17, 15) is 4.79 Å². The van der Waals surface area contributed by atoms with Crippen LogP contribution in [0.15, 0.2) is 24.3 Å². The highest BCUT2D eigenvalue weighted by Gasteiger charge is 1.98. The molecule has 0 unspecified atom stereocenters. The first-order valence-electron chi connectivity index (χ1n) is 3.68. The molecule has 0 aliphatic heterocycles. The second kappa shape index (κ2) is 3.11. The zero-order valence-corrected chi connectivity index (χ0v) is 7.32. The second-order valence-electron chi connectivity index (χ2n) is 2.53. The molecule has 0 aliphatic rings. The van der Waals surface area contributed by atoms with E-state index in [1.165, 1.54) is 0 Å². The van der Waals surface area contributed by atoms with E-state index in [4.69, 9.17) is 11.6 Å². The van der Waals surface area contributed by atoms with Gasteiger partial charge in [-0.05, 0) is 24.3 Å². The van der Waals surface area contributed by atoms with Gasteiger partial charge in [-0.25, -0.2) is 9.97 Å². The van der Waals surface area contributed by atoms with E-state index in [2.05, 4.69) is 9.97 Å². The van der Waals surface area contributed by atoms with Gasteiger partial charge in [-0.1, -0.05) is 11.6 Å². The van der Waals surface area contributed by atoms with E-state index in [-0.39, 0.29) is 0 Å². The molecule has 2 aromatic rings. The third kappa shape index (κ3) is 1.51. The summed E-state index contributed by atoms with van der Waals surface area (Å²) in [5.74, 6) is 0. The van der Waals surface area contributed by atoms with E-state index < -0.39 is 0 Å². The molecule has 0 saturated heterocycles. The molecule has 2 heterocycles. The molecule has 0 saturated carbocycles. The predicted molar refractivity (Wildman–Crippen MR) is 49.9 cm³/mol. The monoisotopic (exact) mass is 192 g/mol. The highest BCUT2D eigenvalue weighted by molar-refractivity contribution is 6.29. The Bertz CT molecular complexity index is 470. The normalized spacial score (nSPS) is 10.2. The van der Waals surface area contributed by atoms with Gasteiger partial charge in [0.15, 0.2) is 6.29 Å². The molecule has 0 atom stereocenters. The third-order valence-electron chi connectivity index (χ3n) is 1.65. The maximum atomic E-state index is 10.4. The van der Waals surface area contributed by atoms with Crippen molar-refractivity contribution in [1.29, 1.82) is 0 Å². The van der Waals surface area contributed by atoms with Crippen LogP contribution in [0, 0.1) is 0 Å². The smallest absolute Gasteiger partial charge is 0.168 e. The van der Waals surface area contributed by atoms with Crippen LogP contribution in [0.1, 0.15) is 10.5 Å². The van der Waals surface area contributed by atoms with Gasteiger partial charge in [-0.15, -0.1) is 0 Å². The average molecular weight is 193 g/mol. The van der Waals surface area contributed by atoms with Crippen LogP contribution in [0.5, 0.6) is 0 Å². The first kappa shape index (κ1) is 8.13. The zero-order valence-electron chi connectivity index (χ0n) is 6.57. The fraction of sp³-hybridized carbons (Fsp3) is 0. The maximum Gasteiger partial charge on any atom is 0.168 e. The lowest BCUT2D eigenvalue weighted by Gasteiger charge is -1.96. The lowest BCUT2D eigenvalue weighted by Crippen LogP contribution is -1.88. The van der Waals surface area contributed by atoms with Crippen molar-refractivity contribution in [3.05, 3.63) is 35.1 Å². The molecule has 0 bridgehead atoms. The summed E-state index contributed by atoms with van der Waals surface area (Å²) in [6.07, 6.45) is 0.702. The minimum absolute atomic E-state index is 0.400. The van der Waals surface area contributed by atoms with Gasteiger partial charge in [0.05, 0.1) is 11.0 Å². The zero-order chi connectivity index (χ0) is 9.26. The Morgan fingerprint density at radius 3 is 2.54 bits per heavy atom. The van der Waals surface area contributed by atoms with Crippen molar-refractivity contribution in [3.8, 4) is 0 Å². The summed E-state index contributed by atoms with van der Waals surface area (Å²) in [7, 11) is 0. The third-order valence-corrected chi connectivity index (χ3v) is 1.86. The molecular formula is C9H5ClN2O. The standard InChI is InChI=1S/C9H5ClN2O/c10-9-4-3-7-8(12-9)2-1-6(5-13)11-7/h1-5H. The van der Waals surface area contributed by atoms with Gasteiger partial charge in [0, 0.05) is 0 Å². The van der Waals surface area contributed by atoms with Crippen LogP contribution in [0.4, 0.5) is 0 Å². The van der Waals surface area contributed by atoms with Crippen molar-refractivity contribution in [1.82, 2.24) is 9.97 Å². The minimum Gasteiger partial charge on any atom is -0.296 e. The van der Waals surface area contributed by atoms with E-state index in [0.29, 0.717) is 28.2 Å². The molecule has 2 rings (SSSR count). The molecule has 3 nitrogen and oxygen atoms in total. The van der Waals surface area contributed by atoms with Crippen LogP contribution in [-0.2, 0) is 0 Å². The van der Waals surface area contributed by atoms with Gasteiger partial charge in [-0.2, -0.15) is 0 Å². The number of aromatic nitrogens is 2. The molecule has 0 fully saturated rings. The number of hydrogen-bond donors (Lipinski definition) is 0. The van der Waals surface area contributed by atoms with Gasteiger partial charge < -0.3 is 0 Å².